The summed E-state index contributed by atoms with van der Waals surface area (Å²) in [5.74, 6) is -0.140. The van der Waals surface area contributed by atoms with E-state index < -0.39 is 23.2 Å². The first-order valence-corrected chi connectivity index (χ1v) is 12.3. The first-order valence-electron chi connectivity index (χ1n) is 7.00. The Balaban J connectivity index is 3.19. The lowest BCUT2D eigenvalue weighted by molar-refractivity contribution is -0.118. The number of hydrogen-bond acceptors (Lipinski definition) is 3. The first-order chi connectivity index (χ1) is 9.18. The highest BCUT2D eigenvalue weighted by molar-refractivity contribution is 7.93. The Morgan fingerprint density at radius 3 is 2.15 bits per heavy atom. The van der Waals surface area contributed by atoms with Crippen LogP contribution in [0.5, 0.6) is 0 Å². The van der Waals surface area contributed by atoms with Gasteiger partial charge in [-0.2, -0.15) is 0 Å². The molecule has 0 heterocycles. The topological polar surface area (TPSA) is 51.2 Å². The van der Waals surface area contributed by atoms with Crippen molar-refractivity contribution in [3.63, 3.8) is 0 Å². The summed E-state index contributed by atoms with van der Waals surface area (Å²) in [7, 11) is -5.23. The average Bonchev–Trinajstić information content (AvgIpc) is 2.36. The molecule has 0 aliphatic rings. The van der Waals surface area contributed by atoms with E-state index in [4.69, 9.17) is 0 Å². The Bertz CT molecular complexity index is 544. The molecule has 112 valence electrons. The Labute approximate surface area is 123 Å². The van der Waals surface area contributed by atoms with Gasteiger partial charge in [-0.25, -0.2) is 8.42 Å². The number of ketones is 1. The Kier molecular flexibility index (Phi) is 5.71. The summed E-state index contributed by atoms with van der Waals surface area (Å²) in [5, 5.41) is -0.878. The summed E-state index contributed by atoms with van der Waals surface area (Å²) in [6.07, 6.45) is 1.02. The summed E-state index contributed by atoms with van der Waals surface area (Å²) in [5.41, 5.74) is 0. The number of carbonyl (C=O) groups excluding carboxylic acids is 1. The van der Waals surface area contributed by atoms with Crippen molar-refractivity contribution in [3.8, 4) is 0 Å². The summed E-state index contributed by atoms with van der Waals surface area (Å²) in [6, 6.07) is 8.81. The number of rotatable bonds is 7. The van der Waals surface area contributed by atoms with Crippen molar-refractivity contribution < 1.29 is 13.2 Å². The molecule has 5 heteroatoms. The van der Waals surface area contributed by atoms with E-state index >= 15 is 0 Å². The van der Waals surface area contributed by atoms with Crippen LogP contribution in [0.3, 0.4) is 0 Å². The van der Waals surface area contributed by atoms with Crippen molar-refractivity contribution in [1.29, 1.82) is 0 Å². The van der Waals surface area contributed by atoms with Crippen LogP contribution in [0.1, 0.15) is 19.8 Å². The smallest absolute Gasteiger partial charge is 0.188 e. The molecule has 0 aliphatic heterocycles. The predicted molar refractivity (Wildman–Crippen MR) is 85.5 cm³/mol. The van der Waals surface area contributed by atoms with Crippen LogP contribution in [0.15, 0.2) is 35.2 Å². The molecule has 0 spiro atoms. The van der Waals surface area contributed by atoms with Crippen LogP contribution in [-0.4, -0.2) is 27.5 Å². The molecule has 0 unspecified atom stereocenters. The van der Waals surface area contributed by atoms with Crippen molar-refractivity contribution in [1.82, 2.24) is 0 Å². The molecule has 0 N–H and O–H groups in total. The lowest BCUT2D eigenvalue weighted by Crippen LogP contribution is -2.37. The zero-order valence-electron chi connectivity index (χ0n) is 12.7. The molecule has 0 bridgehead atoms. The van der Waals surface area contributed by atoms with Crippen molar-refractivity contribution in [3.05, 3.63) is 30.3 Å². The van der Waals surface area contributed by atoms with Gasteiger partial charge in [0, 0.05) is 14.5 Å². The molecule has 1 atom stereocenters. The molecule has 1 aromatic rings. The van der Waals surface area contributed by atoms with E-state index in [0.717, 1.165) is 0 Å². The second-order valence-electron chi connectivity index (χ2n) is 6.33. The van der Waals surface area contributed by atoms with Gasteiger partial charge in [0.15, 0.2) is 15.6 Å². The van der Waals surface area contributed by atoms with Gasteiger partial charge in [0.25, 0.3) is 0 Å². The Morgan fingerprint density at radius 1 is 1.15 bits per heavy atom. The third kappa shape index (κ3) is 4.56. The maximum absolute atomic E-state index is 12.7. The number of Topliss-reactive ketones (excluding diaryl/α,β-unsaturated/α-hetero) is 1. The lowest BCUT2D eigenvalue weighted by atomic mass is 10.2. The summed E-state index contributed by atoms with van der Waals surface area (Å²) in [4.78, 5) is 12.5. The highest BCUT2D eigenvalue weighted by Crippen LogP contribution is 2.25. The summed E-state index contributed by atoms with van der Waals surface area (Å²) >= 11 is 0. The second-order valence-corrected chi connectivity index (χ2v) is 14.0. The minimum atomic E-state index is -3.57. The molecule has 0 saturated carbocycles. The second kappa shape index (κ2) is 6.67. The van der Waals surface area contributed by atoms with Gasteiger partial charge in [-0.05, 0) is 24.6 Å². The zero-order valence-corrected chi connectivity index (χ0v) is 14.5. The van der Waals surface area contributed by atoms with Crippen molar-refractivity contribution in [2.24, 2.45) is 0 Å². The van der Waals surface area contributed by atoms with Gasteiger partial charge in [-0.3, -0.25) is 4.79 Å². The highest BCUT2D eigenvalue weighted by Gasteiger charge is 2.36. The van der Waals surface area contributed by atoms with Gasteiger partial charge in [0.05, 0.1) is 4.90 Å². The van der Waals surface area contributed by atoms with Crippen molar-refractivity contribution >= 4 is 23.7 Å². The van der Waals surface area contributed by atoms with E-state index in [1.54, 1.807) is 30.3 Å². The van der Waals surface area contributed by atoms with E-state index in [1.165, 1.54) is 0 Å². The maximum Gasteiger partial charge on any atom is 0.188 e. The van der Waals surface area contributed by atoms with Crippen LogP contribution in [0.25, 0.3) is 0 Å². The monoisotopic (exact) mass is 312 g/mol. The van der Waals surface area contributed by atoms with E-state index in [-0.39, 0.29) is 10.7 Å². The SMILES string of the molecule is CCCC(=O)[C@@H](C[Si](C)(C)C)S(=O)(=O)c1ccccc1. The fourth-order valence-corrected chi connectivity index (χ4v) is 7.18. The molecule has 1 aromatic carbocycles. The largest absolute Gasteiger partial charge is 0.298 e. The quantitative estimate of drug-likeness (QED) is 0.724. The average molecular weight is 313 g/mol. The standard InChI is InChI=1S/C15H24O3SSi/c1-5-9-14(16)15(12-20(2,3)4)19(17,18)13-10-7-6-8-11-13/h6-8,10-11,15H,5,9,12H2,1-4H3/t15-/m1/s1. The third-order valence-corrected chi connectivity index (χ3v) is 7.14. The number of hydrogen-bond donors (Lipinski definition) is 0. The highest BCUT2D eigenvalue weighted by atomic mass is 32.2. The fraction of sp³-hybridized carbons (Fsp3) is 0.533. The number of benzene rings is 1. The van der Waals surface area contributed by atoms with Crippen LogP contribution in [0.4, 0.5) is 0 Å². The molecule has 0 radical (unpaired) electrons. The van der Waals surface area contributed by atoms with Crippen LogP contribution in [-0.2, 0) is 14.6 Å². The molecular formula is C15H24O3SSi. The molecule has 0 aromatic heterocycles. The van der Waals surface area contributed by atoms with Gasteiger partial charge in [-0.15, -0.1) is 0 Å². The van der Waals surface area contributed by atoms with E-state index in [9.17, 15) is 13.2 Å². The molecule has 0 saturated heterocycles. The van der Waals surface area contributed by atoms with Gasteiger partial charge < -0.3 is 0 Å². The fourth-order valence-electron chi connectivity index (χ4n) is 2.13. The third-order valence-electron chi connectivity index (χ3n) is 3.10. The Hall–Kier alpha value is -0.943. The predicted octanol–water partition coefficient (Wildman–Crippen LogP) is 3.54. The van der Waals surface area contributed by atoms with Gasteiger partial charge in [0.1, 0.15) is 5.25 Å². The zero-order chi connectivity index (χ0) is 15.4. The minimum Gasteiger partial charge on any atom is -0.298 e. The first kappa shape index (κ1) is 17.1. The minimum absolute atomic E-state index is 0.140. The molecule has 3 nitrogen and oxygen atoms in total. The van der Waals surface area contributed by atoms with Crippen molar-refractivity contribution in [2.75, 3.05) is 0 Å². The van der Waals surface area contributed by atoms with Crippen molar-refractivity contribution in [2.45, 2.75) is 55.6 Å². The number of carbonyl (C=O) groups is 1. The van der Waals surface area contributed by atoms with Gasteiger partial charge in [-0.1, -0.05) is 44.8 Å². The van der Waals surface area contributed by atoms with E-state index in [1.807, 2.05) is 6.92 Å². The van der Waals surface area contributed by atoms with E-state index in [2.05, 4.69) is 19.6 Å². The van der Waals surface area contributed by atoms with Crippen LogP contribution in [0.2, 0.25) is 25.7 Å². The van der Waals surface area contributed by atoms with Gasteiger partial charge in [0.2, 0.25) is 0 Å². The molecule has 0 amide bonds. The maximum atomic E-state index is 12.7. The molecule has 0 fully saturated rings. The Morgan fingerprint density at radius 2 is 1.70 bits per heavy atom. The number of sulfone groups is 1. The summed E-state index contributed by atoms with van der Waals surface area (Å²) in [6.45, 7) is 8.19. The van der Waals surface area contributed by atoms with Crippen LogP contribution in [0, 0.1) is 0 Å². The summed E-state index contributed by atoms with van der Waals surface area (Å²) < 4.78 is 25.5. The van der Waals surface area contributed by atoms with Crippen LogP contribution >= 0.6 is 0 Å². The normalized spacial score (nSPS) is 14.0. The molecular weight excluding hydrogens is 288 g/mol. The van der Waals surface area contributed by atoms with Crippen LogP contribution < -0.4 is 0 Å². The van der Waals surface area contributed by atoms with E-state index in [0.29, 0.717) is 18.9 Å². The van der Waals surface area contributed by atoms with Gasteiger partial charge >= 0.3 is 0 Å². The molecule has 20 heavy (non-hydrogen) atoms. The molecule has 1 rings (SSSR count). The molecule has 0 aliphatic carbocycles. The lowest BCUT2D eigenvalue weighted by Gasteiger charge is -2.23.